The van der Waals surface area contributed by atoms with Crippen LogP contribution < -0.4 is 4.90 Å². The van der Waals surface area contributed by atoms with Crippen molar-refractivity contribution in [3.63, 3.8) is 0 Å². The highest BCUT2D eigenvalue weighted by Gasteiger charge is 2.19. The molecular weight excluding hydrogens is 368 g/mol. The van der Waals surface area contributed by atoms with E-state index < -0.39 is 4.92 Å². The fourth-order valence-corrected chi connectivity index (χ4v) is 3.31. The zero-order chi connectivity index (χ0) is 20.8. The quantitative estimate of drug-likeness (QED) is 0.437. The summed E-state index contributed by atoms with van der Waals surface area (Å²) in [6.45, 7) is 6.99. The van der Waals surface area contributed by atoms with E-state index in [0.717, 1.165) is 18.5 Å². The summed E-state index contributed by atoms with van der Waals surface area (Å²) < 4.78 is 0. The first kappa shape index (κ1) is 20.5. The number of amides is 1. The highest BCUT2D eigenvalue weighted by Crippen LogP contribution is 2.18. The molecule has 2 heterocycles. The van der Waals surface area contributed by atoms with Gasteiger partial charge in [0.05, 0.1) is 4.92 Å². The Morgan fingerprint density at radius 3 is 2.48 bits per heavy atom. The number of nitrogens with zero attached hydrogens (tertiary/aromatic N) is 4. The van der Waals surface area contributed by atoms with Crippen molar-refractivity contribution < 1.29 is 9.72 Å². The second-order valence-electron chi connectivity index (χ2n) is 7.45. The fourth-order valence-electron chi connectivity index (χ4n) is 3.31. The highest BCUT2D eigenvalue weighted by molar-refractivity contribution is 5.91. The minimum atomic E-state index is -0.456. The monoisotopic (exact) mass is 394 g/mol. The molecule has 1 aromatic carbocycles. The van der Waals surface area contributed by atoms with Crippen LogP contribution in [0.5, 0.6) is 0 Å². The van der Waals surface area contributed by atoms with Crippen LogP contribution in [0.25, 0.3) is 6.08 Å². The van der Waals surface area contributed by atoms with Crippen LogP contribution in [0.15, 0.2) is 48.7 Å². The lowest BCUT2D eigenvalue weighted by Gasteiger charge is -2.22. The molecule has 29 heavy (non-hydrogen) atoms. The summed E-state index contributed by atoms with van der Waals surface area (Å²) in [5.41, 5.74) is 2.27. The van der Waals surface area contributed by atoms with Crippen LogP contribution in [-0.2, 0) is 4.79 Å². The summed E-state index contributed by atoms with van der Waals surface area (Å²) in [6, 6.07) is 11.4. The van der Waals surface area contributed by atoms with Gasteiger partial charge in [-0.2, -0.15) is 0 Å². The number of nitro groups is 1. The summed E-state index contributed by atoms with van der Waals surface area (Å²) in [4.78, 5) is 31.0. The number of hydrogen-bond donors (Lipinski definition) is 0. The van der Waals surface area contributed by atoms with Gasteiger partial charge in [-0.15, -0.1) is 0 Å². The number of hydrogen-bond acceptors (Lipinski definition) is 5. The molecule has 0 aliphatic carbocycles. The second kappa shape index (κ2) is 9.32. The van der Waals surface area contributed by atoms with Gasteiger partial charge in [-0.05, 0) is 35.6 Å². The first-order valence-corrected chi connectivity index (χ1v) is 9.86. The van der Waals surface area contributed by atoms with Gasteiger partial charge in [-0.25, -0.2) is 4.98 Å². The van der Waals surface area contributed by atoms with E-state index in [9.17, 15) is 14.9 Å². The van der Waals surface area contributed by atoms with Crippen LogP contribution in [0.4, 0.5) is 11.5 Å². The van der Waals surface area contributed by atoms with Gasteiger partial charge >= 0.3 is 0 Å². The van der Waals surface area contributed by atoms with Gasteiger partial charge < -0.3 is 9.80 Å². The lowest BCUT2D eigenvalue weighted by atomic mass is 10.0. The van der Waals surface area contributed by atoms with E-state index >= 15 is 0 Å². The van der Waals surface area contributed by atoms with Crippen molar-refractivity contribution in [2.75, 3.05) is 31.1 Å². The summed E-state index contributed by atoms with van der Waals surface area (Å²) >= 11 is 0. The minimum absolute atomic E-state index is 0.00329. The maximum Gasteiger partial charge on any atom is 0.287 e. The lowest BCUT2D eigenvalue weighted by Crippen LogP contribution is -2.34. The predicted octanol–water partition coefficient (Wildman–Crippen LogP) is 3.87. The first-order chi connectivity index (χ1) is 13.9. The molecule has 1 fully saturated rings. The molecule has 0 bridgehead atoms. The van der Waals surface area contributed by atoms with Crippen molar-refractivity contribution >= 4 is 23.5 Å². The summed E-state index contributed by atoms with van der Waals surface area (Å²) in [5, 5.41) is 10.8. The number of anilines is 1. The van der Waals surface area contributed by atoms with Gasteiger partial charge in [0.2, 0.25) is 5.91 Å². The minimum Gasteiger partial charge on any atom is -0.355 e. The molecular formula is C22H26N4O3. The Labute approximate surface area is 170 Å². The molecule has 1 aliphatic rings. The van der Waals surface area contributed by atoms with Crippen LogP contribution in [0.3, 0.4) is 0 Å². The number of carbonyl (C=O) groups is 1. The van der Waals surface area contributed by atoms with E-state index in [2.05, 4.69) is 35.9 Å². The predicted molar refractivity (Wildman–Crippen MR) is 114 cm³/mol. The largest absolute Gasteiger partial charge is 0.355 e. The van der Waals surface area contributed by atoms with Crippen molar-refractivity contribution in [1.82, 2.24) is 9.88 Å². The molecule has 7 heteroatoms. The van der Waals surface area contributed by atoms with Crippen molar-refractivity contribution in [1.29, 1.82) is 0 Å². The van der Waals surface area contributed by atoms with E-state index in [1.54, 1.807) is 12.1 Å². The molecule has 0 N–H and O–H groups in total. The Bertz CT molecular complexity index is 876. The highest BCUT2D eigenvalue weighted by atomic mass is 16.6. The first-order valence-electron chi connectivity index (χ1n) is 9.86. The van der Waals surface area contributed by atoms with E-state index in [4.69, 9.17) is 0 Å². The Hall–Kier alpha value is -3.22. The van der Waals surface area contributed by atoms with Gasteiger partial charge in [0.25, 0.3) is 5.69 Å². The molecule has 1 saturated heterocycles. The van der Waals surface area contributed by atoms with E-state index in [-0.39, 0.29) is 11.6 Å². The molecule has 0 unspecified atom stereocenters. The average Bonchev–Trinajstić information content (AvgIpc) is 2.99. The molecule has 2 aromatic rings. The second-order valence-corrected chi connectivity index (χ2v) is 7.45. The van der Waals surface area contributed by atoms with Gasteiger partial charge in [-0.3, -0.25) is 14.9 Å². The molecule has 0 radical (unpaired) electrons. The SMILES string of the molecule is CC(C)c1ccc(/C=C/C(=O)N2CCCN(c3ccc([N+](=O)[O-])cn3)CC2)cc1. The summed E-state index contributed by atoms with van der Waals surface area (Å²) in [7, 11) is 0. The topological polar surface area (TPSA) is 79.6 Å². The third kappa shape index (κ3) is 5.40. The van der Waals surface area contributed by atoms with E-state index in [1.807, 2.05) is 23.1 Å². The number of pyridine rings is 1. The molecule has 1 amide bonds. The molecule has 152 valence electrons. The van der Waals surface area contributed by atoms with Crippen molar-refractivity contribution in [3.8, 4) is 0 Å². The molecule has 0 spiro atoms. The third-order valence-electron chi connectivity index (χ3n) is 5.10. The zero-order valence-corrected chi connectivity index (χ0v) is 16.8. The number of carbonyl (C=O) groups excluding carboxylic acids is 1. The zero-order valence-electron chi connectivity index (χ0n) is 16.8. The molecule has 7 nitrogen and oxygen atoms in total. The van der Waals surface area contributed by atoms with E-state index in [1.165, 1.54) is 17.8 Å². The van der Waals surface area contributed by atoms with Crippen molar-refractivity contribution in [2.24, 2.45) is 0 Å². The van der Waals surface area contributed by atoms with Gasteiger partial charge in [0.15, 0.2) is 0 Å². The van der Waals surface area contributed by atoms with Crippen molar-refractivity contribution in [3.05, 3.63) is 69.9 Å². The summed E-state index contributed by atoms with van der Waals surface area (Å²) in [5.74, 6) is 1.18. The normalized spacial score (nSPS) is 15.0. The smallest absolute Gasteiger partial charge is 0.287 e. The third-order valence-corrected chi connectivity index (χ3v) is 5.10. The van der Waals surface area contributed by atoms with Crippen LogP contribution in [0, 0.1) is 10.1 Å². The maximum atomic E-state index is 12.6. The number of benzene rings is 1. The molecule has 0 saturated carbocycles. The Kier molecular flexibility index (Phi) is 6.59. The Morgan fingerprint density at radius 2 is 1.86 bits per heavy atom. The van der Waals surface area contributed by atoms with E-state index in [0.29, 0.717) is 31.4 Å². The van der Waals surface area contributed by atoms with Gasteiger partial charge in [-0.1, -0.05) is 38.1 Å². The van der Waals surface area contributed by atoms with Gasteiger partial charge in [0.1, 0.15) is 12.0 Å². The van der Waals surface area contributed by atoms with Crippen LogP contribution in [-0.4, -0.2) is 46.9 Å². The molecule has 1 aliphatic heterocycles. The van der Waals surface area contributed by atoms with Crippen LogP contribution in [0.1, 0.15) is 37.3 Å². The van der Waals surface area contributed by atoms with Crippen molar-refractivity contribution in [2.45, 2.75) is 26.2 Å². The number of rotatable bonds is 5. The van der Waals surface area contributed by atoms with Gasteiger partial charge in [0, 0.05) is 38.3 Å². The maximum absolute atomic E-state index is 12.6. The average molecular weight is 394 g/mol. The van der Waals surface area contributed by atoms with Crippen LogP contribution in [0.2, 0.25) is 0 Å². The fraction of sp³-hybridized carbons (Fsp3) is 0.364. The molecule has 3 rings (SSSR count). The molecule has 0 atom stereocenters. The summed E-state index contributed by atoms with van der Waals surface area (Å²) in [6.07, 6.45) is 5.58. The Balaban J connectivity index is 1.58. The van der Waals surface area contributed by atoms with Crippen LogP contribution >= 0.6 is 0 Å². The number of aromatic nitrogens is 1. The lowest BCUT2D eigenvalue weighted by molar-refractivity contribution is -0.385. The Morgan fingerprint density at radius 1 is 1.10 bits per heavy atom. The molecule has 1 aromatic heterocycles. The standard InChI is InChI=1S/C22H26N4O3/c1-17(2)19-7-4-18(5-8-19)6-11-22(27)25-13-3-12-24(14-15-25)21-10-9-20(16-23-21)26(28)29/h4-11,16-17H,3,12-15H2,1-2H3/b11-6+.